The fourth-order valence-electron chi connectivity index (χ4n) is 4.50. The van der Waals surface area contributed by atoms with Gasteiger partial charge in [0.15, 0.2) is 5.67 Å². The topological polar surface area (TPSA) is 91.4 Å². The van der Waals surface area contributed by atoms with E-state index in [-0.39, 0.29) is 24.8 Å². The zero-order valence-corrected chi connectivity index (χ0v) is 22.7. The molecule has 3 amide bonds. The third kappa shape index (κ3) is 5.59. The average molecular weight is 533 g/mol. The number of likely N-dealkylation sites (tertiary alicyclic amines) is 1. The van der Waals surface area contributed by atoms with Gasteiger partial charge < -0.3 is 15.5 Å². The molecular weight excluding hydrogens is 499 g/mol. The fraction of sp³-hybridized carbons (Fsp3) is 0.538. The van der Waals surface area contributed by atoms with E-state index in [0.717, 1.165) is 21.7 Å². The predicted octanol–water partition coefficient (Wildman–Crippen LogP) is 3.98. The van der Waals surface area contributed by atoms with Crippen LogP contribution in [0.4, 0.5) is 4.39 Å². The first kappa shape index (κ1) is 26.6. The smallest absolute Gasteiger partial charge is 0.258 e. The van der Waals surface area contributed by atoms with E-state index >= 15 is 0 Å². The summed E-state index contributed by atoms with van der Waals surface area (Å²) in [6, 6.07) is 6.04. The van der Waals surface area contributed by atoms with Gasteiger partial charge >= 0.3 is 0 Å². The molecule has 10 heteroatoms. The molecule has 194 valence electrons. The first-order valence-electron chi connectivity index (χ1n) is 12.2. The Morgan fingerprint density at radius 1 is 1.22 bits per heavy atom. The van der Waals surface area contributed by atoms with Gasteiger partial charge in [0.1, 0.15) is 12.1 Å². The molecule has 1 saturated carbocycles. The molecule has 3 unspecified atom stereocenters. The van der Waals surface area contributed by atoms with Crippen LogP contribution < -0.4 is 10.6 Å². The minimum absolute atomic E-state index is 0.157. The Hall–Kier alpha value is -2.46. The largest absolute Gasteiger partial charge is 0.348 e. The number of aromatic nitrogens is 1. The lowest BCUT2D eigenvalue weighted by atomic mass is 10.00. The summed E-state index contributed by atoms with van der Waals surface area (Å²) >= 11 is 6.09. The molecule has 1 aliphatic heterocycles. The van der Waals surface area contributed by atoms with E-state index in [1.54, 1.807) is 25.2 Å². The zero-order valence-electron chi connectivity index (χ0n) is 21.0. The van der Waals surface area contributed by atoms with Gasteiger partial charge in [-0.2, -0.15) is 12.6 Å². The minimum atomic E-state index is -1.90. The number of carbonyl (C=O) groups is 3. The summed E-state index contributed by atoms with van der Waals surface area (Å²) in [5, 5.41) is 5.60. The maximum absolute atomic E-state index is 14.3. The van der Waals surface area contributed by atoms with Crippen molar-refractivity contribution in [2.24, 2.45) is 0 Å². The lowest BCUT2D eigenvalue weighted by molar-refractivity contribution is -0.143. The van der Waals surface area contributed by atoms with Crippen LogP contribution in [0.2, 0.25) is 0 Å². The zero-order chi connectivity index (χ0) is 26.3. The monoisotopic (exact) mass is 532 g/mol. The maximum Gasteiger partial charge on any atom is 0.258 e. The van der Waals surface area contributed by atoms with Crippen molar-refractivity contribution in [2.45, 2.75) is 81.9 Å². The number of hydrogen-bond donors (Lipinski definition) is 3. The predicted molar refractivity (Wildman–Crippen MR) is 142 cm³/mol. The Morgan fingerprint density at radius 2 is 1.89 bits per heavy atom. The highest BCUT2D eigenvalue weighted by atomic mass is 32.1. The van der Waals surface area contributed by atoms with Crippen molar-refractivity contribution in [3.05, 3.63) is 41.0 Å². The van der Waals surface area contributed by atoms with E-state index < -0.39 is 34.3 Å². The summed E-state index contributed by atoms with van der Waals surface area (Å²) < 4.78 is 13.4. The Bertz CT molecular complexity index is 1140. The molecule has 1 saturated heterocycles. The molecule has 2 aromatic rings. The standard InChI is InChI=1S/C26H33FN4O3S2/c1-15(17-7-9-18(10-8-17)20-16(2)28-14-36-20)29-22(32)19-6-5-13-31(19)23(33)21(25(3,4)35)30-24(34)26(27)11-12-26/h7-10,14-15,19,21,35H,5-6,11-13H2,1-4H3,(H,29,32)(H,30,34). The van der Waals surface area contributed by atoms with Crippen molar-refractivity contribution in [2.75, 3.05) is 6.54 Å². The second-order valence-corrected chi connectivity index (χ2v) is 12.3. The summed E-state index contributed by atoms with van der Waals surface area (Å²) in [4.78, 5) is 46.0. The SMILES string of the molecule is Cc1ncsc1-c1ccc(C(C)NC(=O)C2CCCN2C(=O)C(NC(=O)C2(F)CC2)C(C)(C)S)cc1. The van der Waals surface area contributed by atoms with E-state index in [1.807, 2.05) is 43.6 Å². The molecule has 3 atom stereocenters. The van der Waals surface area contributed by atoms with E-state index in [1.165, 1.54) is 4.90 Å². The molecule has 1 aliphatic carbocycles. The number of benzene rings is 1. The number of thiol groups is 1. The Balaban J connectivity index is 1.43. The van der Waals surface area contributed by atoms with Gasteiger partial charge in [-0.3, -0.25) is 14.4 Å². The van der Waals surface area contributed by atoms with Gasteiger partial charge in [0.2, 0.25) is 11.8 Å². The number of nitrogens with one attached hydrogen (secondary N) is 2. The van der Waals surface area contributed by atoms with Crippen LogP contribution in [-0.2, 0) is 14.4 Å². The molecule has 0 spiro atoms. The Labute approximate surface area is 220 Å². The number of aryl methyl sites for hydroxylation is 1. The van der Waals surface area contributed by atoms with Crippen LogP contribution in [0.25, 0.3) is 10.4 Å². The van der Waals surface area contributed by atoms with Crippen molar-refractivity contribution in [1.29, 1.82) is 0 Å². The van der Waals surface area contributed by atoms with Crippen LogP contribution in [0.5, 0.6) is 0 Å². The summed E-state index contributed by atoms with van der Waals surface area (Å²) in [6.45, 7) is 7.67. The number of amides is 3. The van der Waals surface area contributed by atoms with Gasteiger partial charge in [-0.15, -0.1) is 11.3 Å². The number of thiazole rings is 1. The lowest BCUT2D eigenvalue weighted by Gasteiger charge is -2.35. The van der Waals surface area contributed by atoms with E-state index in [2.05, 4.69) is 28.2 Å². The lowest BCUT2D eigenvalue weighted by Crippen LogP contribution is -2.60. The minimum Gasteiger partial charge on any atom is -0.348 e. The average Bonchev–Trinajstić information content (AvgIpc) is 3.21. The maximum atomic E-state index is 14.3. The van der Waals surface area contributed by atoms with Crippen LogP contribution in [0.3, 0.4) is 0 Å². The summed E-state index contributed by atoms with van der Waals surface area (Å²) in [5.41, 5.74) is 2.93. The highest BCUT2D eigenvalue weighted by Crippen LogP contribution is 2.40. The fourth-order valence-corrected chi connectivity index (χ4v) is 5.49. The van der Waals surface area contributed by atoms with Gasteiger partial charge in [-0.05, 0) is 64.5 Å². The number of rotatable bonds is 8. The van der Waals surface area contributed by atoms with Gasteiger partial charge in [0.05, 0.1) is 22.1 Å². The van der Waals surface area contributed by atoms with Crippen molar-refractivity contribution in [1.82, 2.24) is 20.5 Å². The van der Waals surface area contributed by atoms with Gasteiger partial charge in [-0.25, -0.2) is 9.37 Å². The van der Waals surface area contributed by atoms with Crippen molar-refractivity contribution in [3.8, 4) is 10.4 Å². The number of halogens is 1. The molecule has 0 bridgehead atoms. The molecule has 2 fully saturated rings. The molecule has 0 radical (unpaired) electrons. The van der Waals surface area contributed by atoms with Gasteiger partial charge in [0, 0.05) is 11.3 Å². The third-order valence-corrected chi connectivity index (χ3v) is 8.18. The van der Waals surface area contributed by atoms with Crippen molar-refractivity contribution < 1.29 is 18.8 Å². The molecule has 2 aliphatic rings. The molecule has 7 nitrogen and oxygen atoms in total. The van der Waals surface area contributed by atoms with Gasteiger partial charge in [-0.1, -0.05) is 24.3 Å². The van der Waals surface area contributed by atoms with Crippen molar-refractivity contribution >= 4 is 41.7 Å². The molecule has 1 aromatic carbocycles. The van der Waals surface area contributed by atoms with E-state index in [9.17, 15) is 18.8 Å². The van der Waals surface area contributed by atoms with Crippen molar-refractivity contribution in [3.63, 3.8) is 0 Å². The molecule has 1 aromatic heterocycles. The van der Waals surface area contributed by atoms with Crippen LogP contribution in [0.1, 0.15) is 63.8 Å². The second kappa shape index (κ2) is 10.1. The van der Waals surface area contributed by atoms with Crippen LogP contribution in [0.15, 0.2) is 29.8 Å². The molecule has 2 N–H and O–H groups in total. The first-order chi connectivity index (χ1) is 16.9. The summed E-state index contributed by atoms with van der Waals surface area (Å²) in [7, 11) is 0. The quantitative estimate of drug-likeness (QED) is 0.449. The number of nitrogens with zero attached hydrogens (tertiary/aromatic N) is 2. The van der Waals surface area contributed by atoms with Crippen LogP contribution in [-0.4, -0.2) is 56.6 Å². The van der Waals surface area contributed by atoms with Crippen LogP contribution in [0, 0.1) is 6.92 Å². The summed E-state index contributed by atoms with van der Waals surface area (Å²) in [6.07, 6.45) is 1.50. The molecular formula is C26H33FN4O3S2. The van der Waals surface area contributed by atoms with Crippen LogP contribution >= 0.6 is 24.0 Å². The highest BCUT2D eigenvalue weighted by Gasteiger charge is 2.53. The highest BCUT2D eigenvalue weighted by molar-refractivity contribution is 7.81. The summed E-state index contributed by atoms with van der Waals surface area (Å²) in [5.74, 6) is -1.45. The number of hydrogen-bond acceptors (Lipinski definition) is 6. The number of carbonyl (C=O) groups excluding carboxylic acids is 3. The number of alkyl halides is 1. The third-order valence-electron chi connectivity index (χ3n) is 6.94. The Kier molecular flexibility index (Phi) is 7.48. The second-order valence-electron chi connectivity index (χ2n) is 10.3. The van der Waals surface area contributed by atoms with Gasteiger partial charge in [0.25, 0.3) is 5.91 Å². The normalized spacial score (nSPS) is 20.5. The molecule has 36 heavy (non-hydrogen) atoms. The first-order valence-corrected chi connectivity index (χ1v) is 13.6. The Morgan fingerprint density at radius 3 is 2.44 bits per heavy atom. The molecule has 4 rings (SSSR count). The molecule has 2 heterocycles. The van der Waals surface area contributed by atoms with E-state index in [4.69, 9.17) is 0 Å². The van der Waals surface area contributed by atoms with E-state index in [0.29, 0.717) is 19.4 Å².